The Hall–Kier alpha value is -1.72. The molecule has 2 fully saturated rings. The number of nitrogens with zero attached hydrogens (tertiary/aromatic N) is 1. The third-order valence-corrected chi connectivity index (χ3v) is 5.58. The molecule has 2 aromatic rings. The molecule has 2 atom stereocenters. The van der Waals surface area contributed by atoms with E-state index in [0.29, 0.717) is 6.42 Å². The average molecular weight is 365 g/mol. The van der Waals surface area contributed by atoms with Crippen molar-refractivity contribution in [1.82, 2.24) is 10.2 Å². The minimum atomic E-state index is 0. The van der Waals surface area contributed by atoms with E-state index >= 15 is 0 Å². The molecule has 1 aromatic carbocycles. The van der Waals surface area contributed by atoms with Gasteiger partial charge in [0.05, 0.1) is 19.8 Å². The Morgan fingerprint density at radius 1 is 1.28 bits per heavy atom. The van der Waals surface area contributed by atoms with Gasteiger partial charge in [0.25, 0.3) is 0 Å². The summed E-state index contributed by atoms with van der Waals surface area (Å²) in [6.07, 6.45) is 4.35. The second-order valence-corrected chi connectivity index (χ2v) is 6.94. The minimum absolute atomic E-state index is 0. The van der Waals surface area contributed by atoms with Gasteiger partial charge in [-0.25, -0.2) is 0 Å². The van der Waals surface area contributed by atoms with Crippen molar-refractivity contribution in [3.05, 3.63) is 30.0 Å². The second-order valence-electron chi connectivity index (χ2n) is 6.94. The number of fused-ring (bicyclic) bond motifs is 2. The number of halogens is 1. The minimum Gasteiger partial charge on any atom is -0.497 e. The first-order valence-corrected chi connectivity index (χ1v) is 8.77. The van der Waals surface area contributed by atoms with Gasteiger partial charge in [-0.15, -0.1) is 12.4 Å². The molecule has 0 aliphatic carbocycles. The molecule has 1 N–H and O–H groups in total. The molecule has 4 rings (SSSR count). The van der Waals surface area contributed by atoms with Crippen LogP contribution in [-0.2, 0) is 11.2 Å². The number of hydrogen-bond acceptors (Lipinski definition) is 4. The van der Waals surface area contributed by atoms with Gasteiger partial charge < -0.3 is 19.4 Å². The van der Waals surface area contributed by atoms with Gasteiger partial charge in [0.15, 0.2) is 0 Å². The molecule has 0 radical (unpaired) electrons. The van der Waals surface area contributed by atoms with Crippen LogP contribution < -0.4 is 10.1 Å². The summed E-state index contributed by atoms with van der Waals surface area (Å²) in [6, 6.07) is 5.74. The summed E-state index contributed by atoms with van der Waals surface area (Å²) in [5, 5.41) is 4.48. The van der Waals surface area contributed by atoms with Gasteiger partial charge >= 0.3 is 0 Å². The van der Waals surface area contributed by atoms with Gasteiger partial charge in [0, 0.05) is 30.1 Å². The number of furan rings is 1. The van der Waals surface area contributed by atoms with Crippen LogP contribution in [0.15, 0.2) is 28.9 Å². The predicted molar refractivity (Wildman–Crippen MR) is 99.4 cm³/mol. The number of amides is 1. The fraction of sp³-hybridized carbons (Fsp3) is 0.526. The molecule has 0 spiro atoms. The molecule has 6 heteroatoms. The second kappa shape index (κ2) is 7.67. The molecule has 25 heavy (non-hydrogen) atoms. The zero-order valence-corrected chi connectivity index (χ0v) is 15.3. The Morgan fingerprint density at radius 2 is 2.00 bits per heavy atom. The highest BCUT2D eigenvalue weighted by Gasteiger charge is 2.31. The zero-order valence-electron chi connectivity index (χ0n) is 14.5. The van der Waals surface area contributed by atoms with E-state index in [1.54, 1.807) is 13.4 Å². The normalized spacial score (nSPS) is 23.0. The van der Waals surface area contributed by atoms with Crippen LogP contribution in [0.3, 0.4) is 0 Å². The SMILES string of the molecule is COc1ccc2c(CC(=O)N3CC[C@@H]4CNC[C@@H]4CC3)coc2c1.Cl. The lowest BCUT2D eigenvalue weighted by Gasteiger charge is -2.20. The summed E-state index contributed by atoms with van der Waals surface area (Å²) in [5.41, 5.74) is 1.73. The Bertz CT molecular complexity index is 731. The summed E-state index contributed by atoms with van der Waals surface area (Å²) >= 11 is 0. The topological polar surface area (TPSA) is 54.7 Å². The summed E-state index contributed by atoms with van der Waals surface area (Å²) in [4.78, 5) is 14.8. The van der Waals surface area contributed by atoms with Crippen LogP contribution in [0.1, 0.15) is 18.4 Å². The monoisotopic (exact) mass is 364 g/mol. The maximum absolute atomic E-state index is 12.7. The molecule has 1 aromatic heterocycles. The Labute approximate surface area is 154 Å². The fourth-order valence-corrected chi connectivity index (χ4v) is 4.07. The highest BCUT2D eigenvalue weighted by Crippen LogP contribution is 2.29. The standard InChI is InChI=1S/C19H24N2O3.ClH/c1-23-16-2-3-17-15(12-24-18(17)9-16)8-19(22)21-6-4-13-10-20-11-14(13)5-7-21;/h2-3,9,12-14,20H,4-8,10-11H2,1H3;1H/t13-,14+;. The summed E-state index contributed by atoms with van der Waals surface area (Å²) in [7, 11) is 1.64. The van der Waals surface area contributed by atoms with E-state index in [1.807, 2.05) is 23.1 Å². The first kappa shape index (κ1) is 18.1. The zero-order chi connectivity index (χ0) is 16.5. The molecule has 2 aliphatic heterocycles. The van der Waals surface area contributed by atoms with E-state index in [9.17, 15) is 4.79 Å². The van der Waals surface area contributed by atoms with Crippen LogP contribution in [0.2, 0.25) is 0 Å². The molecule has 136 valence electrons. The molecule has 2 aliphatic rings. The van der Waals surface area contributed by atoms with Crippen molar-refractivity contribution in [2.24, 2.45) is 11.8 Å². The van der Waals surface area contributed by atoms with Crippen molar-refractivity contribution in [3.8, 4) is 5.75 Å². The van der Waals surface area contributed by atoms with Gasteiger partial charge in [-0.2, -0.15) is 0 Å². The highest BCUT2D eigenvalue weighted by molar-refractivity contribution is 5.88. The van der Waals surface area contributed by atoms with Crippen molar-refractivity contribution in [1.29, 1.82) is 0 Å². The first-order valence-electron chi connectivity index (χ1n) is 8.77. The van der Waals surface area contributed by atoms with Gasteiger partial charge in [0.2, 0.25) is 5.91 Å². The molecule has 2 saturated heterocycles. The lowest BCUT2D eigenvalue weighted by molar-refractivity contribution is -0.130. The molecule has 1 amide bonds. The average Bonchev–Trinajstić information content (AvgIpc) is 3.16. The van der Waals surface area contributed by atoms with Crippen molar-refractivity contribution >= 4 is 29.3 Å². The van der Waals surface area contributed by atoms with Crippen molar-refractivity contribution in [3.63, 3.8) is 0 Å². The molecule has 3 heterocycles. The lowest BCUT2D eigenvalue weighted by Crippen LogP contribution is -2.33. The van der Waals surface area contributed by atoms with Crippen LogP contribution in [0, 0.1) is 11.8 Å². The summed E-state index contributed by atoms with van der Waals surface area (Å²) in [6.45, 7) is 3.98. The number of likely N-dealkylation sites (tertiary alicyclic amines) is 1. The Balaban J connectivity index is 0.00000182. The predicted octanol–water partition coefficient (Wildman–Crippen LogP) is 2.86. The number of hydrogen-bond donors (Lipinski definition) is 1. The van der Waals surface area contributed by atoms with Gasteiger partial charge in [-0.05, 0) is 49.9 Å². The van der Waals surface area contributed by atoms with E-state index in [-0.39, 0.29) is 18.3 Å². The molecule has 0 bridgehead atoms. The van der Waals surface area contributed by atoms with Crippen LogP contribution in [-0.4, -0.2) is 44.1 Å². The molecular weight excluding hydrogens is 340 g/mol. The first-order chi connectivity index (χ1) is 11.7. The van der Waals surface area contributed by atoms with E-state index in [0.717, 1.165) is 73.1 Å². The number of methoxy groups -OCH3 is 1. The summed E-state index contributed by atoms with van der Waals surface area (Å²) < 4.78 is 10.8. The molecule has 5 nitrogen and oxygen atoms in total. The third kappa shape index (κ3) is 3.62. The van der Waals surface area contributed by atoms with Crippen LogP contribution in [0.25, 0.3) is 11.0 Å². The number of carbonyl (C=O) groups is 1. The van der Waals surface area contributed by atoms with Gasteiger partial charge in [0.1, 0.15) is 11.3 Å². The highest BCUT2D eigenvalue weighted by atomic mass is 35.5. The van der Waals surface area contributed by atoms with Crippen LogP contribution in [0.5, 0.6) is 5.75 Å². The maximum Gasteiger partial charge on any atom is 0.227 e. The van der Waals surface area contributed by atoms with E-state index in [2.05, 4.69) is 5.32 Å². The number of carbonyl (C=O) groups excluding carboxylic acids is 1. The van der Waals surface area contributed by atoms with Gasteiger partial charge in [-0.1, -0.05) is 0 Å². The molecule has 0 unspecified atom stereocenters. The van der Waals surface area contributed by atoms with Crippen molar-refractivity contribution in [2.75, 3.05) is 33.3 Å². The lowest BCUT2D eigenvalue weighted by atomic mass is 9.92. The number of nitrogens with one attached hydrogen (secondary N) is 1. The van der Waals surface area contributed by atoms with E-state index in [1.165, 1.54) is 0 Å². The van der Waals surface area contributed by atoms with Crippen LogP contribution in [0.4, 0.5) is 0 Å². The maximum atomic E-state index is 12.7. The van der Waals surface area contributed by atoms with Gasteiger partial charge in [-0.3, -0.25) is 4.79 Å². The third-order valence-electron chi connectivity index (χ3n) is 5.58. The Morgan fingerprint density at radius 3 is 2.68 bits per heavy atom. The molecule has 0 saturated carbocycles. The van der Waals surface area contributed by atoms with E-state index in [4.69, 9.17) is 9.15 Å². The van der Waals surface area contributed by atoms with Crippen molar-refractivity contribution < 1.29 is 13.9 Å². The number of benzene rings is 1. The summed E-state index contributed by atoms with van der Waals surface area (Å²) in [5.74, 6) is 2.46. The largest absolute Gasteiger partial charge is 0.497 e. The van der Waals surface area contributed by atoms with Crippen molar-refractivity contribution in [2.45, 2.75) is 19.3 Å². The number of rotatable bonds is 3. The quantitative estimate of drug-likeness (QED) is 0.909. The van der Waals surface area contributed by atoms with Crippen LogP contribution >= 0.6 is 12.4 Å². The number of ether oxygens (including phenoxy) is 1. The fourth-order valence-electron chi connectivity index (χ4n) is 4.07. The smallest absolute Gasteiger partial charge is 0.227 e. The van der Waals surface area contributed by atoms with E-state index < -0.39 is 0 Å². The molecular formula is C19H25ClN2O3. The Kier molecular flexibility index (Phi) is 5.54.